The van der Waals surface area contributed by atoms with Crippen LogP contribution in [0.4, 0.5) is 13.2 Å². The van der Waals surface area contributed by atoms with Gasteiger partial charge in [-0.15, -0.1) is 0 Å². The number of nitrogens with one attached hydrogen (secondary N) is 1. The number of carbonyl (C=O) groups is 1. The first-order chi connectivity index (χ1) is 6.81. The van der Waals surface area contributed by atoms with Crippen molar-refractivity contribution in [3.63, 3.8) is 0 Å². The van der Waals surface area contributed by atoms with Crippen LogP contribution in [0.5, 0.6) is 0 Å². The minimum atomic E-state index is -4.90. The molecule has 3 unspecified atom stereocenters. The molecule has 3 fully saturated rings. The molecule has 0 amide bonds. The third kappa shape index (κ3) is 1.95. The monoisotopic (exact) mass is 223 g/mol. The lowest BCUT2D eigenvalue weighted by molar-refractivity contribution is -0.237. The van der Waals surface area contributed by atoms with Crippen molar-refractivity contribution in [2.24, 2.45) is 5.92 Å². The average molecular weight is 223 g/mol. The summed E-state index contributed by atoms with van der Waals surface area (Å²) in [4.78, 5) is 10.7. The molecule has 0 aromatic rings. The predicted molar refractivity (Wildman–Crippen MR) is 44.8 cm³/mol. The molecule has 1 aliphatic carbocycles. The van der Waals surface area contributed by atoms with E-state index in [-0.39, 0.29) is 6.04 Å². The Bertz CT molecular complexity index is 284. The first kappa shape index (κ1) is 10.7. The SMILES string of the molecule is CC1CC2CC(OC(=O)C(F)(F)F)(C1)N2. The summed E-state index contributed by atoms with van der Waals surface area (Å²) in [5.41, 5.74) is -1.05. The Morgan fingerprint density at radius 2 is 2.07 bits per heavy atom. The summed E-state index contributed by atoms with van der Waals surface area (Å²) >= 11 is 0. The van der Waals surface area contributed by atoms with E-state index in [2.05, 4.69) is 10.1 Å². The van der Waals surface area contributed by atoms with Crippen LogP contribution in [0.3, 0.4) is 0 Å². The van der Waals surface area contributed by atoms with Crippen LogP contribution in [0.25, 0.3) is 0 Å². The molecule has 2 aliphatic heterocycles. The lowest BCUT2D eigenvalue weighted by Crippen LogP contribution is -2.70. The highest BCUT2D eigenvalue weighted by molar-refractivity contribution is 5.76. The van der Waals surface area contributed by atoms with Crippen molar-refractivity contribution in [3.8, 4) is 0 Å². The zero-order chi connectivity index (χ0) is 11.3. The number of hydrogen-bond acceptors (Lipinski definition) is 3. The largest absolute Gasteiger partial charge is 0.490 e. The molecule has 3 atom stereocenters. The fourth-order valence-electron chi connectivity index (χ4n) is 2.51. The average Bonchev–Trinajstić information content (AvgIpc) is 1.98. The van der Waals surface area contributed by atoms with Gasteiger partial charge in [0.15, 0.2) is 5.72 Å². The number of rotatable bonds is 1. The third-order valence-corrected chi connectivity index (χ3v) is 2.93. The van der Waals surface area contributed by atoms with Gasteiger partial charge in [0.25, 0.3) is 0 Å². The minimum absolute atomic E-state index is 0.204. The van der Waals surface area contributed by atoms with E-state index >= 15 is 0 Å². The Morgan fingerprint density at radius 3 is 2.53 bits per heavy atom. The topological polar surface area (TPSA) is 38.3 Å². The predicted octanol–water partition coefficient (Wildman–Crippen LogP) is 1.58. The van der Waals surface area contributed by atoms with Crippen molar-refractivity contribution in [1.82, 2.24) is 5.32 Å². The van der Waals surface area contributed by atoms with Crippen molar-refractivity contribution in [3.05, 3.63) is 0 Å². The van der Waals surface area contributed by atoms with Crippen LogP contribution in [-0.2, 0) is 9.53 Å². The van der Waals surface area contributed by atoms with Gasteiger partial charge < -0.3 is 4.74 Å². The molecule has 0 aromatic heterocycles. The van der Waals surface area contributed by atoms with E-state index in [0.717, 1.165) is 6.42 Å². The summed E-state index contributed by atoms with van der Waals surface area (Å²) in [5, 5.41) is 2.88. The van der Waals surface area contributed by atoms with E-state index in [4.69, 9.17) is 0 Å². The van der Waals surface area contributed by atoms with Crippen molar-refractivity contribution >= 4 is 5.97 Å². The second kappa shape index (κ2) is 3.10. The molecule has 86 valence electrons. The molecule has 0 aromatic carbocycles. The quantitative estimate of drug-likeness (QED) is 0.686. The molecule has 1 N–H and O–H groups in total. The van der Waals surface area contributed by atoms with Crippen molar-refractivity contribution < 1.29 is 22.7 Å². The lowest BCUT2D eigenvalue weighted by atomic mass is 9.73. The second-order valence-corrected chi connectivity index (χ2v) is 4.47. The number of halogens is 3. The molecule has 2 bridgehead atoms. The summed E-state index contributed by atoms with van der Waals surface area (Å²) in [6.07, 6.45) is -3.00. The Kier molecular flexibility index (Phi) is 2.22. The van der Waals surface area contributed by atoms with Gasteiger partial charge in [-0.1, -0.05) is 6.92 Å². The number of piperidine rings is 1. The van der Waals surface area contributed by atoms with Crippen LogP contribution >= 0.6 is 0 Å². The van der Waals surface area contributed by atoms with E-state index in [1.807, 2.05) is 6.92 Å². The molecule has 0 spiro atoms. The third-order valence-electron chi connectivity index (χ3n) is 2.93. The normalized spacial score (nSPS) is 39.5. The van der Waals surface area contributed by atoms with Crippen molar-refractivity contribution in [1.29, 1.82) is 0 Å². The number of ether oxygens (including phenoxy) is 1. The summed E-state index contributed by atoms with van der Waals surface area (Å²) in [5.74, 6) is -1.80. The summed E-state index contributed by atoms with van der Waals surface area (Å²) in [6, 6.07) is 0.204. The zero-order valence-electron chi connectivity index (χ0n) is 8.23. The zero-order valence-corrected chi connectivity index (χ0v) is 8.23. The molecule has 3 rings (SSSR count). The Morgan fingerprint density at radius 1 is 1.47 bits per heavy atom. The number of fused-ring (bicyclic) bond motifs is 2. The molecule has 6 heteroatoms. The molecule has 0 radical (unpaired) electrons. The van der Waals surface area contributed by atoms with Gasteiger partial charge in [0, 0.05) is 18.9 Å². The van der Waals surface area contributed by atoms with Crippen LogP contribution < -0.4 is 5.32 Å². The highest BCUT2D eigenvalue weighted by atomic mass is 19.4. The van der Waals surface area contributed by atoms with Gasteiger partial charge in [-0.25, -0.2) is 4.79 Å². The second-order valence-electron chi connectivity index (χ2n) is 4.47. The molecule has 2 heterocycles. The van der Waals surface area contributed by atoms with Gasteiger partial charge in [-0.05, 0) is 12.3 Å². The van der Waals surface area contributed by atoms with Crippen LogP contribution in [-0.4, -0.2) is 23.9 Å². The maximum absolute atomic E-state index is 12.0. The van der Waals surface area contributed by atoms with Crippen molar-refractivity contribution in [2.75, 3.05) is 0 Å². The van der Waals surface area contributed by atoms with Crippen LogP contribution in [0.15, 0.2) is 0 Å². The Hall–Kier alpha value is -0.780. The maximum atomic E-state index is 12.0. The van der Waals surface area contributed by atoms with Crippen molar-refractivity contribution in [2.45, 2.75) is 44.1 Å². The van der Waals surface area contributed by atoms with E-state index < -0.39 is 17.9 Å². The fraction of sp³-hybridized carbons (Fsp3) is 0.889. The Balaban J connectivity index is 1.98. The first-order valence-corrected chi connectivity index (χ1v) is 4.89. The molecule has 2 saturated heterocycles. The molecule has 3 nitrogen and oxygen atoms in total. The molecular formula is C9H12F3NO2. The lowest BCUT2D eigenvalue weighted by Gasteiger charge is -2.54. The fourth-order valence-corrected chi connectivity index (χ4v) is 2.51. The first-order valence-electron chi connectivity index (χ1n) is 4.89. The van der Waals surface area contributed by atoms with E-state index in [0.29, 0.717) is 18.8 Å². The molecule has 1 saturated carbocycles. The van der Waals surface area contributed by atoms with E-state index in [1.165, 1.54) is 0 Å². The minimum Gasteiger partial charge on any atom is -0.437 e. The van der Waals surface area contributed by atoms with Crippen LogP contribution in [0.1, 0.15) is 26.2 Å². The van der Waals surface area contributed by atoms with E-state index in [9.17, 15) is 18.0 Å². The number of carbonyl (C=O) groups excluding carboxylic acids is 1. The molecule has 15 heavy (non-hydrogen) atoms. The highest BCUT2D eigenvalue weighted by Gasteiger charge is 2.55. The van der Waals surface area contributed by atoms with Gasteiger partial charge in [0.1, 0.15) is 0 Å². The summed E-state index contributed by atoms with van der Waals surface area (Å²) < 4.78 is 40.5. The number of hydrogen-bond donors (Lipinski definition) is 1. The van der Waals surface area contributed by atoms with Gasteiger partial charge in [-0.3, -0.25) is 5.32 Å². The van der Waals surface area contributed by atoms with E-state index in [1.54, 1.807) is 0 Å². The summed E-state index contributed by atoms with van der Waals surface area (Å²) in [7, 11) is 0. The molecule has 3 aliphatic rings. The summed E-state index contributed by atoms with van der Waals surface area (Å²) in [6.45, 7) is 1.95. The standard InChI is InChI=1S/C9H12F3NO2/c1-5-2-6-4-8(3-5,13-6)15-7(14)9(10,11)12/h5-6,13H,2-4H2,1H3. The highest BCUT2D eigenvalue weighted by Crippen LogP contribution is 2.42. The van der Waals surface area contributed by atoms with Gasteiger partial charge in [0.2, 0.25) is 0 Å². The van der Waals surface area contributed by atoms with Gasteiger partial charge in [0.05, 0.1) is 0 Å². The van der Waals surface area contributed by atoms with Gasteiger partial charge in [-0.2, -0.15) is 13.2 Å². The Labute approximate surface area is 85.0 Å². The number of alkyl halides is 3. The van der Waals surface area contributed by atoms with Gasteiger partial charge >= 0.3 is 12.1 Å². The maximum Gasteiger partial charge on any atom is 0.490 e. The molecular weight excluding hydrogens is 211 g/mol. The number of esters is 1. The smallest absolute Gasteiger partial charge is 0.437 e. The van der Waals surface area contributed by atoms with Crippen LogP contribution in [0.2, 0.25) is 0 Å². The van der Waals surface area contributed by atoms with Crippen LogP contribution in [0, 0.1) is 5.92 Å².